The number of esters is 1. The summed E-state index contributed by atoms with van der Waals surface area (Å²) < 4.78 is 15.4. The fourth-order valence-electron chi connectivity index (χ4n) is 1.16. The van der Waals surface area contributed by atoms with E-state index in [-0.39, 0.29) is 0 Å². The van der Waals surface area contributed by atoms with E-state index in [1.54, 1.807) is 19.2 Å². The Labute approximate surface area is 108 Å². The summed E-state index contributed by atoms with van der Waals surface area (Å²) in [7, 11) is 4.35. The molecule has 0 aliphatic carbocycles. The predicted molar refractivity (Wildman–Crippen MR) is 66.1 cm³/mol. The molecule has 0 N–H and O–H groups in total. The predicted octanol–water partition coefficient (Wildman–Crippen LogP) is 1.99. The van der Waals surface area contributed by atoms with E-state index >= 15 is 0 Å². The third-order valence-corrected chi connectivity index (χ3v) is 2.72. The van der Waals surface area contributed by atoms with Crippen LogP contribution in [0.3, 0.4) is 0 Å². The van der Waals surface area contributed by atoms with E-state index in [9.17, 15) is 4.79 Å². The van der Waals surface area contributed by atoms with Crippen molar-refractivity contribution >= 4 is 21.9 Å². The molecular formula is C12H11BrO4. The first-order valence-corrected chi connectivity index (χ1v) is 5.43. The molecule has 0 fully saturated rings. The average Bonchev–Trinajstić information content (AvgIpc) is 2.35. The van der Waals surface area contributed by atoms with Crippen molar-refractivity contribution in [3.8, 4) is 23.3 Å². The van der Waals surface area contributed by atoms with Crippen LogP contribution in [0.5, 0.6) is 11.5 Å². The van der Waals surface area contributed by atoms with Gasteiger partial charge < -0.3 is 14.2 Å². The molecule has 17 heavy (non-hydrogen) atoms. The molecule has 0 saturated carbocycles. The zero-order valence-corrected chi connectivity index (χ0v) is 11.3. The van der Waals surface area contributed by atoms with Gasteiger partial charge >= 0.3 is 5.97 Å². The molecule has 0 aromatic heterocycles. The zero-order chi connectivity index (χ0) is 12.8. The largest absolute Gasteiger partial charge is 0.495 e. The van der Waals surface area contributed by atoms with Gasteiger partial charge in [-0.2, -0.15) is 0 Å². The Morgan fingerprint density at radius 2 is 1.94 bits per heavy atom. The summed E-state index contributed by atoms with van der Waals surface area (Å²) in [6.45, 7) is 0. The summed E-state index contributed by atoms with van der Waals surface area (Å²) in [6.07, 6.45) is 0. The van der Waals surface area contributed by atoms with E-state index in [1.807, 2.05) is 0 Å². The summed E-state index contributed by atoms with van der Waals surface area (Å²) in [5.41, 5.74) is 0.575. The van der Waals surface area contributed by atoms with Crippen molar-refractivity contribution in [3.63, 3.8) is 0 Å². The Kier molecular flexibility index (Phi) is 4.85. The van der Waals surface area contributed by atoms with Crippen LogP contribution in [0.25, 0.3) is 0 Å². The molecule has 0 aliphatic heterocycles. The van der Waals surface area contributed by atoms with Gasteiger partial charge in [0.25, 0.3) is 0 Å². The molecule has 0 atom stereocenters. The van der Waals surface area contributed by atoms with Crippen LogP contribution in [0.1, 0.15) is 5.56 Å². The van der Waals surface area contributed by atoms with Crippen molar-refractivity contribution < 1.29 is 19.0 Å². The lowest BCUT2D eigenvalue weighted by Crippen LogP contribution is -1.96. The van der Waals surface area contributed by atoms with Crippen molar-refractivity contribution in [1.82, 2.24) is 0 Å². The van der Waals surface area contributed by atoms with Gasteiger partial charge in [0.2, 0.25) is 0 Å². The minimum Gasteiger partial charge on any atom is -0.495 e. The summed E-state index contributed by atoms with van der Waals surface area (Å²) in [6, 6.07) is 3.44. The Morgan fingerprint density at radius 3 is 2.47 bits per heavy atom. The summed E-state index contributed by atoms with van der Waals surface area (Å²) >= 11 is 3.34. The van der Waals surface area contributed by atoms with Crippen molar-refractivity contribution in [2.75, 3.05) is 21.3 Å². The molecule has 0 saturated heterocycles. The maximum atomic E-state index is 10.9. The summed E-state index contributed by atoms with van der Waals surface area (Å²) in [5.74, 6) is 5.55. The van der Waals surface area contributed by atoms with Crippen LogP contribution >= 0.6 is 15.9 Å². The topological polar surface area (TPSA) is 44.8 Å². The minimum absolute atomic E-state index is 0.515. The van der Waals surface area contributed by atoms with Crippen LogP contribution in [0, 0.1) is 11.8 Å². The van der Waals surface area contributed by atoms with Crippen LogP contribution in [0.2, 0.25) is 0 Å². The molecule has 0 spiro atoms. The highest BCUT2D eigenvalue weighted by Gasteiger charge is 2.11. The Balaban J connectivity index is 3.20. The molecule has 1 rings (SSSR count). The standard InChI is InChI=1S/C12H11BrO4/c1-15-9-6-4-8(5-7-10(14)16-2)12(17-3)11(9)13/h4,6H,1-3H3. The number of methoxy groups -OCH3 is 3. The molecule has 1 aromatic rings. The first-order valence-electron chi connectivity index (χ1n) is 4.64. The number of benzene rings is 1. The van der Waals surface area contributed by atoms with Crippen molar-refractivity contribution in [2.45, 2.75) is 0 Å². The molecule has 0 heterocycles. The second kappa shape index (κ2) is 6.16. The van der Waals surface area contributed by atoms with Gasteiger partial charge in [0.15, 0.2) is 5.75 Å². The smallest absolute Gasteiger partial charge is 0.384 e. The third kappa shape index (κ3) is 3.14. The molecule has 90 valence electrons. The first kappa shape index (κ1) is 13.4. The molecular weight excluding hydrogens is 288 g/mol. The van der Waals surface area contributed by atoms with Gasteiger partial charge in [-0.3, -0.25) is 0 Å². The van der Waals surface area contributed by atoms with E-state index in [1.165, 1.54) is 14.2 Å². The fraction of sp³-hybridized carbons (Fsp3) is 0.250. The lowest BCUT2D eigenvalue weighted by Gasteiger charge is -2.09. The van der Waals surface area contributed by atoms with Crippen molar-refractivity contribution in [3.05, 3.63) is 22.2 Å². The molecule has 1 aromatic carbocycles. The van der Waals surface area contributed by atoms with E-state index in [0.717, 1.165) is 0 Å². The lowest BCUT2D eigenvalue weighted by molar-refractivity contribution is -0.133. The van der Waals surface area contributed by atoms with Crippen LogP contribution in [-0.4, -0.2) is 27.3 Å². The maximum Gasteiger partial charge on any atom is 0.384 e. The van der Waals surface area contributed by atoms with Crippen LogP contribution in [0.15, 0.2) is 16.6 Å². The molecule has 0 bridgehead atoms. The van der Waals surface area contributed by atoms with Crippen LogP contribution in [0.4, 0.5) is 0 Å². The highest BCUT2D eigenvalue weighted by atomic mass is 79.9. The Bertz CT molecular complexity index is 485. The number of hydrogen-bond donors (Lipinski definition) is 0. The van der Waals surface area contributed by atoms with Crippen molar-refractivity contribution in [1.29, 1.82) is 0 Å². The minimum atomic E-state index is -0.598. The molecule has 5 heteroatoms. The normalized spacial score (nSPS) is 8.94. The second-order valence-corrected chi connectivity index (χ2v) is 3.70. The number of carbonyl (C=O) groups excluding carboxylic acids is 1. The fourth-order valence-corrected chi connectivity index (χ4v) is 1.83. The van der Waals surface area contributed by atoms with Crippen LogP contribution in [-0.2, 0) is 9.53 Å². The Hall–Kier alpha value is -1.67. The molecule has 0 radical (unpaired) electrons. The number of ether oxygens (including phenoxy) is 3. The van der Waals surface area contributed by atoms with Crippen LogP contribution < -0.4 is 9.47 Å². The third-order valence-electron chi connectivity index (χ3n) is 1.97. The molecule has 0 amide bonds. The van der Waals surface area contributed by atoms with Gasteiger partial charge in [0.05, 0.1) is 26.9 Å². The molecule has 0 aliphatic rings. The number of hydrogen-bond acceptors (Lipinski definition) is 4. The average molecular weight is 299 g/mol. The van der Waals surface area contributed by atoms with Gasteiger partial charge in [-0.25, -0.2) is 4.79 Å². The van der Waals surface area contributed by atoms with Crippen molar-refractivity contribution in [2.24, 2.45) is 0 Å². The number of carbonyl (C=O) groups is 1. The van der Waals surface area contributed by atoms with Gasteiger partial charge in [-0.1, -0.05) is 5.92 Å². The molecule has 4 nitrogen and oxygen atoms in total. The summed E-state index contributed by atoms with van der Waals surface area (Å²) in [4.78, 5) is 10.9. The van der Waals surface area contributed by atoms with Gasteiger partial charge in [0, 0.05) is 5.92 Å². The monoisotopic (exact) mass is 298 g/mol. The lowest BCUT2D eigenvalue weighted by atomic mass is 10.2. The van der Waals surface area contributed by atoms with Gasteiger partial charge in [-0.05, 0) is 28.1 Å². The van der Waals surface area contributed by atoms with E-state index in [2.05, 4.69) is 32.5 Å². The number of halogens is 1. The number of rotatable bonds is 2. The quantitative estimate of drug-likeness (QED) is 0.619. The van der Waals surface area contributed by atoms with E-state index in [0.29, 0.717) is 21.5 Å². The zero-order valence-electron chi connectivity index (χ0n) is 9.67. The first-order chi connectivity index (χ1) is 8.13. The second-order valence-electron chi connectivity index (χ2n) is 2.90. The van der Waals surface area contributed by atoms with E-state index in [4.69, 9.17) is 9.47 Å². The van der Waals surface area contributed by atoms with Gasteiger partial charge in [-0.15, -0.1) is 0 Å². The maximum absolute atomic E-state index is 10.9. The summed E-state index contributed by atoms with van der Waals surface area (Å²) in [5, 5.41) is 0. The van der Waals surface area contributed by atoms with E-state index < -0.39 is 5.97 Å². The highest BCUT2D eigenvalue weighted by molar-refractivity contribution is 9.10. The molecule has 0 unspecified atom stereocenters. The van der Waals surface area contributed by atoms with Gasteiger partial charge in [0.1, 0.15) is 10.2 Å². The Morgan fingerprint density at radius 1 is 1.24 bits per heavy atom. The highest BCUT2D eigenvalue weighted by Crippen LogP contribution is 2.36. The SMILES string of the molecule is COC(=O)C#Cc1ccc(OC)c(Br)c1OC.